The smallest absolute Gasteiger partial charge is 0.209 e. The van der Waals surface area contributed by atoms with Crippen LogP contribution in [0.3, 0.4) is 0 Å². The number of nitrogens with zero attached hydrogens (tertiary/aromatic N) is 2. The minimum absolute atomic E-state index is 0.0196. The van der Waals surface area contributed by atoms with E-state index >= 15 is 0 Å². The first-order valence-corrected chi connectivity index (χ1v) is 8.46. The van der Waals surface area contributed by atoms with Crippen molar-refractivity contribution < 1.29 is 8.42 Å². The molecule has 0 aliphatic carbocycles. The number of sulfonamides is 1. The van der Waals surface area contributed by atoms with Crippen molar-refractivity contribution in [3.8, 4) is 0 Å². The van der Waals surface area contributed by atoms with Crippen molar-refractivity contribution in [2.24, 2.45) is 0 Å². The van der Waals surface area contributed by atoms with Crippen molar-refractivity contribution in [2.45, 2.75) is 18.9 Å². The minimum Gasteiger partial charge on any atom is -0.369 e. The molecular formula is C11H16BrN3O2S. The van der Waals surface area contributed by atoms with Crippen molar-refractivity contribution in [2.75, 3.05) is 24.2 Å². The van der Waals surface area contributed by atoms with Crippen molar-refractivity contribution in [3.63, 3.8) is 0 Å². The highest BCUT2D eigenvalue weighted by Gasteiger charge is 2.23. The first kappa shape index (κ1) is 13.8. The molecule has 18 heavy (non-hydrogen) atoms. The zero-order chi connectivity index (χ0) is 13.2. The highest BCUT2D eigenvalue weighted by molar-refractivity contribution is 9.10. The molecule has 1 fully saturated rings. The minimum atomic E-state index is -3.14. The molecule has 0 amide bonds. The highest BCUT2D eigenvalue weighted by Crippen LogP contribution is 2.27. The molecule has 1 aromatic rings. The van der Waals surface area contributed by atoms with E-state index in [0.29, 0.717) is 6.54 Å². The third-order valence-corrected chi connectivity index (χ3v) is 4.27. The van der Waals surface area contributed by atoms with Crippen LogP contribution < -0.4 is 9.62 Å². The fourth-order valence-corrected chi connectivity index (χ4v) is 3.52. The molecule has 0 bridgehead atoms. The Bertz CT molecular complexity index is 521. The number of anilines is 1. The molecule has 7 heteroatoms. The Kier molecular flexibility index (Phi) is 4.24. The Morgan fingerprint density at radius 2 is 2.33 bits per heavy atom. The van der Waals surface area contributed by atoms with Gasteiger partial charge in [0.05, 0.1) is 16.4 Å². The molecule has 1 atom stereocenters. The highest BCUT2D eigenvalue weighted by atomic mass is 79.9. The number of pyridine rings is 1. The Labute approximate surface area is 116 Å². The Morgan fingerprint density at radius 3 is 3.00 bits per heavy atom. The summed E-state index contributed by atoms with van der Waals surface area (Å²) in [5, 5.41) is 0. The van der Waals surface area contributed by atoms with Crippen LogP contribution >= 0.6 is 15.9 Å². The van der Waals surface area contributed by atoms with E-state index in [2.05, 4.69) is 30.5 Å². The first-order valence-electron chi connectivity index (χ1n) is 5.77. The molecule has 2 rings (SSSR count). The molecule has 1 aromatic heterocycles. The number of piperidine rings is 1. The summed E-state index contributed by atoms with van der Waals surface area (Å²) in [5.41, 5.74) is 1.06. The molecule has 0 spiro atoms. The number of hydrogen-bond acceptors (Lipinski definition) is 4. The predicted octanol–water partition coefficient (Wildman–Crippen LogP) is 1.36. The third-order valence-electron chi connectivity index (χ3n) is 2.89. The van der Waals surface area contributed by atoms with Gasteiger partial charge in [-0.1, -0.05) is 0 Å². The standard InChI is InChI=1S/C11H16BrN3O2S/c1-18(16,17)14-9-3-2-6-15(8-9)11-4-5-13-7-10(11)12/h4-5,7,9,14H,2-3,6,8H2,1H3. The number of nitrogens with one attached hydrogen (secondary N) is 1. The van der Waals surface area contributed by atoms with E-state index in [-0.39, 0.29) is 6.04 Å². The van der Waals surface area contributed by atoms with Crippen molar-refractivity contribution >= 4 is 31.6 Å². The van der Waals surface area contributed by atoms with Crippen LogP contribution in [0.5, 0.6) is 0 Å². The van der Waals surface area contributed by atoms with Gasteiger partial charge in [0, 0.05) is 31.5 Å². The van der Waals surface area contributed by atoms with Crippen LogP contribution in [0, 0.1) is 0 Å². The summed E-state index contributed by atoms with van der Waals surface area (Å²) in [7, 11) is -3.14. The summed E-state index contributed by atoms with van der Waals surface area (Å²) < 4.78 is 26.1. The lowest BCUT2D eigenvalue weighted by atomic mass is 10.1. The van der Waals surface area contributed by atoms with E-state index in [4.69, 9.17) is 0 Å². The maximum atomic E-state index is 11.3. The summed E-state index contributed by atoms with van der Waals surface area (Å²) in [5.74, 6) is 0. The number of aromatic nitrogens is 1. The molecule has 1 aliphatic heterocycles. The van der Waals surface area contributed by atoms with Gasteiger partial charge in [-0.3, -0.25) is 4.98 Å². The molecular weight excluding hydrogens is 318 g/mol. The number of rotatable bonds is 3. The topological polar surface area (TPSA) is 62.3 Å². The van der Waals surface area contributed by atoms with Gasteiger partial charge in [-0.15, -0.1) is 0 Å². The van der Waals surface area contributed by atoms with Crippen LogP contribution in [0.15, 0.2) is 22.9 Å². The Morgan fingerprint density at radius 1 is 1.56 bits per heavy atom. The lowest BCUT2D eigenvalue weighted by molar-refractivity contribution is 0.467. The van der Waals surface area contributed by atoms with Gasteiger partial charge in [-0.25, -0.2) is 13.1 Å². The zero-order valence-corrected chi connectivity index (χ0v) is 12.5. The summed E-state index contributed by atoms with van der Waals surface area (Å²) in [6.45, 7) is 1.63. The molecule has 2 heterocycles. The van der Waals surface area contributed by atoms with Crippen LogP contribution in [0.25, 0.3) is 0 Å². The second-order valence-electron chi connectivity index (χ2n) is 4.50. The van der Waals surface area contributed by atoms with Crippen LogP contribution in [0.2, 0.25) is 0 Å². The second-order valence-corrected chi connectivity index (χ2v) is 7.14. The normalized spacial score (nSPS) is 21.0. The van der Waals surface area contributed by atoms with Crippen molar-refractivity contribution in [1.82, 2.24) is 9.71 Å². The SMILES string of the molecule is CS(=O)(=O)NC1CCCN(c2ccncc2Br)C1. The number of halogens is 1. The number of hydrogen-bond donors (Lipinski definition) is 1. The van der Waals surface area contributed by atoms with Gasteiger partial charge in [-0.05, 0) is 34.8 Å². The molecule has 1 N–H and O–H groups in total. The molecule has 5 nitrogen and oxygen atoms in total. The van der Waals surface area contributed by atoms with E-state index in [1.54, 1.807) is 12.4 Å². The van der Waals surface area contributed by atoms with Crippen molar-refractivity contribution in [1.29, 1.82) is 0 Å². The molecule has 0 aromatic carbocycles. The maximum Gasteiger partial charge on any atom is 0.209 e. The predicted molar refractivity (Wildman–Crippen MR) is 75.2 cm³/mol. The van der Waals surface area contributed by atoms with Gasteiger partial charge in [0.2, 0.25) is 10.0 Å². The van der Waals surface area contributed by atoms with Gasteiger partial charge >= 0.3 is 0 Å². The summed E-state index contributed by atoms with van der Waals surface area (Å²) in [6, 6.07) is 1.92. The lowest BCUT2D eigenvalue weighted by Gasteiger charge is -2.34. The summed E-state index contributed by atoms with van der Waals surface area (Å²) >= 11 is 3.47. The molecule has 1 aliphatic rings. The van der Waals surface area contributed by atoms with Crippen LogP contribution in [-0.2, 0) is 10.0 Å². The lowest BCUT2D eigenvalue weighted by Crippen LogP contribution is -2.47. The first-order chi connectivity index (χ1) is 8.46. The molecule has 0 radical (unpaired) electrons. The van der Waals surface area contributed by atoms with Gasteiger partial charge in [0.25, 0.3) is 0 Å². The van der Waals surface area contributed by atoms with Crippen LogP contribution in [0.1, 0.15) is 12.8 Å². The average Bonchev–Trinajstić information content (AvgIpc) is 2.27. The second kappa shape index (κ2) is 5.54. The van der Waals surface area contributed by atoms with Crippen molar-refractivity contribution in [3.05, 3.63) is 22.9 Å². The largest absolute Gasteiger partial charge is 0.369 e. The van der Waals surface area contributed by atoms with E-state index in [1.165, 1.54) is 6.26 Å². The third kappa shape index (κ3) is 3.66. The van der Waals surface area contributed by atoms with Gasteiger partial charge in [-0.2, -0.15) is 0 Å². The van der Waals surface area contributed by atoms with Crippen LogP contribution in [-0.4, -0.2) is 38.8 Å². The quantitative estimate of drug-likeness (QED) is 0.907. The van der Waals surface area contributed by atoms with E-state index in [1.807, 2.05) is 6.07 Å². The average molecular weight is 334 g/mol. The van der Waals surface area contributed by atoms with E-state index in [0.717, 1.165) is 29.5 Å². The molecule has 100 valence electrons. The fourth-order valence-electron chi connectivity index (χ4n) is 2.22. The van der Waals surface area contributed by atoms with E-state index in [9.17, 15) is 8.42 Å². The Hall–Kier alpha value is -0.660. The molecule has 1 saturated heterocycles. The van der Waals surface area contributed by atoms with Gasteiger partial charge in [0.1, 0.15) is 0 Å². The fraction of sp³-hybridized carbons (Fsp3) is 0.545. The molecule has 1 unspecified atom stereocenters. The van der Waals surface area contributed by atoms with E-state index < -0.39 is 10.0 Å². The zero-order valence-electron chi connectivity index (χ0n) is 10.1. The Balaban J connectivity index is 2.10. The van der Waals surface area contributed by atoms with Gasteiger partial charge in [0.15, 0.2) is 0 Å². The maximum absolute atomic E-state index is 11.3. The van der Waals surface area contributed by atoms with Gasteiger partial charge < -0.3 is 4.90 Å². The monoisotopic (exact) mass is 333 g/mol. The summed E-state index contributed by atoms with van der Waals surface area (Å²) in [4.78, 5) is 6.21. The summed E-state index contributed by atoms with van der Waals surface area (Å²) in [6.07, 6.45) is 6.55. The van der Waals surface area contributed by atoms with Crippen LogP contribution in [0.4, 0.5) is 5.69 Å². The molecule has 0 saturated carbocycles.